The number of amides is 1. The molecule has 0 aliphatic heterocycles. The molecule has 1 rings (SSSR count). The molecule has 6 nitrogen and oxygen atoms in total. The summed E-state index contributed by atoms with van der Waals surface area (Å²) < 4.78 is 0. The maximum absolute atomic E-state index is 11.7. The number of carboxylic acid groups (broad SMARTS) is 1. The minimum absolute atomic E-state index is 0.0233. The lowest BCUT2D eigenvalue weighted by Gasteiger charge is -2.44. The van der Waals surface area contributed by atoms with E-state index in [1.165, 1.54) is 19.1 Å². The number of hydrogen-bond donors (Lipinski definition) is 3. The second-order valence-electron chi connectivity index (χ2n) is 6.91. The third-order valence-electron chi connectivity index (χ3n) is 4.30. The van der Waals surface area contributed by atoms with Crippen LogP contribution in [0.15, 0.2) is 35.5 Å². The molecule has 0 heterocycles. The largest absolute Gasteiger partial charge is 0.480 e. The molecule has 0 saturated heterocycles. The average molecular weight is 335 g/mol. The fourth-order valence-electron chi connectivity index (χ4n) is 2.69. The molecule has 1 aliphatic carbocycles. The Balaban J connectivity index is 2.96. The van der Waals surface area contributed by atoms with Crippen LogP contribution in [0.5, 0.6) is 0 Å². The summed E-state index contributed by atoms with van der Waals surface area (Å²) in [5.74, 6) is -1.66. The normalized spacial score (nSPS) is 25.3. The summed E-state index contributed by atoms with van der Waals surface area (Å²) >= 11 is 0. The van der Waals surface area contributed by atoms with Crippen molar-refractivity contribution in [3.05, 3.63) is 35.5 Å². The Morgan fingerprint density at radius 3 is 2.46 bits per heavy atom. The van der Waals surface area contributed by atoms with Gasteiger partial charge in [0.15, 0.2) is 5.78 Å². The highest BCUT2D eigenvalue weighted by atomic mass is 16.4. The standard InChI is InChI=1S/C18H25NO5/c1-11(8-15(21)19-13(3)16(22)23)6-7-18(24)12(2)9-14(20)10-17(18,4)5/h6-9,13,24H,10H2,1-5H3,(H,19,21)(H,22,23)/b7-6+,11-8-/t13-,18-/m1/s1. The lowest BCUT2D eigenvalue weighted by atomic mass is 9.64. The van der Waals surface area contributed by atoms with Crippen LogP contribution in [0.3, 0.4) is 0 Å². The third kappa shape index (κ3) is 4.41. The summed E-state index contributed by atoms with van der Waals surface area (Å²) in [6.07, 6.45) is 6.10. The molecule has 3 N–H and O–H groups in total. The number of carboxylic acids is 1. The van der Waals surface area contributed by atoms with E-state index in [-0.39, 0.29) is 12.2 Å². The quantitative estimate of drug-likeness (QED) is 0.524. The van der Waals surface area contributed by atoms with Crippen molar-refractivity contribution in [2.24, 2.45) is 5.41 Å². The van der Waals surface area contributed by atoms with Gasteiger partial charge in [-0.2, -0.15) is 0 Å². The Bertz CT molecular complexity index is 642. The number of hydrogen-bond acceptors (Lipinski definition) is 4. The van der Waals surface area contributed by atoms with Gasteiger partial charge < -0.3 is 15.5 Å². The fraction of sp³-hybridized carbons (Fsp3) is 0.500. The van der Waals surface area contributed by atoms with Crippen LogP contribution in [-0.4, -0.2) is 39.5 Å². The second kappa shape index (κ2) is 7.13. The van der Waals surface area contributed by atoms with Gasteiger partial charge in [-0.15, -0.1) is 0 Å². The van der Waals surface area contributed by atoms with Gasteiger partial charge in [0.05, 0.1) is 0 Å². The number of nitrogens with one attached hydrogen (secondary N) is 1. The fourth-order valence-corrected chi connectivity index (χ4v) is 2.69. The van der Waals surface area contributed by atoms with E-state index >= 15 is 0 Å². The lowest BCUT2D eigenvalue weighted by molar-refractivity contribution is -0.140. The number of aliphatic carboxylic acids is 1. The van der Waals surface area contributed by atoms with Gasteiger partial charge in [0.25, 0.3) is 0 Å². The summed E-state index contributed by atoms with van der Waals surface area (Å²) in [4.78, 5) is 34.1. The molecule has 2 atom stereocenters. The van der Waals surface area contributed by atoms with Gasteiger partial charge in [-0.05, 0) is 44.1 Å². The minimum atomic E-state index is -1.29. The highest BCUT2D eigenvalue weighted by Gasteiger charge is 2.46. The smallest absolute Gasteiger partial charge is 0.325 e. The first-order valence-electron chi connectivity index (χ1n) is 7.74. The molecule has 0 radical (unpaired) electrons. The molecule has 0 saturated carbocycles. The van der Waals surface area contributed by atoms with E-state index in [1.807, 2.05) is 13.8 Å². The van der Waals surface area contributed by atoms with Gasteiger partial charge in [0.1, 0.15) is 11.6 Å². The average Bonchev–Trinajstić information content (AvgIpc) is 2.41. The van der Waals surface area contributed by atoms with E-state index < -0.39 is 28.9 Å². The predicted octanol–water partition coefficient (Wildman–Crippen LogP) is 1.75. The van der Waals surface area contributed by atoms with Crippen LogP contribution >= 0.6 is 0 Å². The van der Waals surface area contributed by atoms with Crippen molar-refractivity contribution in [1.82, 2.24) is 5.32 Å². The number of carbonyl (C=O) groups is 3. The van der Waals surface area contributed by atoms with Crippen molar-refractivity contribution in [2.75, 3.05) is 0 Å². The van der Waals surface area contributed by atoms with Gasteiger partial charge in [0.2, 0.25) is 5.91 Å². The molecular weight excluding hydrogens is 310 g/mol. The molecule has 0 aromatic rings. The topological polar surface area (TPSA) is 104 Å². The Morgan fingerprint density at radius 2 is 1.96 bits per heavy atom. The van der Waals surface area contributed by atoms with E-state index in [9.17, 15) is 19.5 Å². The van der Waals surface area contributed by atoms with Crippen molar-refractivity contribution in [2.45, 2.75) is 52.7 Å². The zero-order valence-corrected chi connectivity index (χ0v) is 14.7. The van der Waals surface area contributed by atoms with E-state index in [1.54, 1.807) is 26.0 Å². The Labute approximate surface area is 141 Å². The predicted molar refractivity (Wildman–Crippen MR) is 90.2 cm³/mol. The lowest BCUT2D eigenvalue weighted by Crippen LogP contribution is -2.48. The number of aliphatic hydroxyl groups is 1. The van der Waals surface area contributed by atoms with Gasteiger partial charge in [-0.1, -0.05) is 19.9 Å². The molecule has 0 aromatic carbocycles. The first kappa shape index (κ1) is 19.8. The number of rotatable bonds is 5. The highest BCUT2D eigenvalue weighted by Crippen LogP contribution is 2.44. The van der Waals surface area contributed by atoms with Crippen LogP contribution < -0.4 is 5.32 Å². The highest BCUT2D eigenvalue weighted by molar-refractivity contribution is 5.93. The zero-order valence-electron chi connectivity index (χ0n) is 14.7. The van der Waals surface area contributed by atoms with E-state index in [0.29, 0.717) is 11.1 Å². The van der Waals surface area contributed by atoms with Crippen molar-refractivity contribution in [3.63, 3.8) is 0 Å². The molecule has 1 amide bonds. The molecule has 6 heteroatoms. The first-order chi connectivity index (χ1) is 10.9. The van der Waals surface area contributed by atoms with Crippen LogP contribution in [0.25, 0.3) is 0 Å². The van der Waals surface area contributed by atoms with E-state index in [4.69, 9.17) is 5.11 Å². The van der Waals surface area contributed by atoms with Gasteiger partial charge in [-0.3, -0.25) is 14.4 Å². The Kier molecular flexibility index (Phi) is 5.89. The SMILES string of the molecule is CC1=CC(=O)CC(C)(C)[C@@]1(O)/C=C/C(C)=C\C(=O)N[C@H](C)C(=O)O. The molecule has 0 bridgehead atoms. The van der Waals surface area contributed by atoms with Crippen LogP contribution in [-0.2, 0) is 14.4 Å². The van der Waals surface area contributed by atoms with E-state index in [2.05, 4.69) is 5.32 Å². The first-order valence-corrected chi connectivity index (χ1v) is 7.74. The number of ketones is 1. The molecular formula is C18H25NO5. The summed E-state index contributed by atoms with van der Waals surface area (Å²) in [7, 11) is 0. The zero-order chi connectivity index (χ0) is 18.7. The monoisotopic (exact) mass is 335 g/mol. The molecule has 1 aliphatic rings. The van der Waals surface area contributed by atoms with Crippen molar-refractivity contribution in [3.8, 4) is 0 Å². The molecule has 0 spiro atoms. The summed E-state index contributed by atoms with van der Waals surface area (Å²) in [5, 5.41) is 22.1. The van der Waals surface area contributed by atoms with Crippen molar-refractivity contribution < 1.29 is 24.6 Å². The summed E-state index contributed by atoms with van der Waals surface area (Å²) in [6.45, 7) is 8.37. The summed E-state index contributed by atoms with van der Waals surface area (Å²) in [5.41, 5.74) is -0.851. The Hall–Kier alpha value is -2.21. The number of allylic oxidation sites excluding steroid dienone is 3. The number of carbonyl (C=O) groups excluding carboxylic acids is 2. The van der Waals surface area contributed by atoms with Gasteiger partial charge in [0, 0.05) is 17.9 Å². The second-order valence-corrected chi connectivity index (χ2v) is 6.91. The van der Waals surface area contributed by atoms with E-state index in [0.717, 1.165) is 0 Å². The third-order valence-corrected chi connectivity index (χ3v) is 4.30. The van der Waals surface area contributed by atoms with Gasteiger partial charge in [-0.25, -0.2) is 0 Å². The molecule has 0 aromatic heterocycles. The summed E-state index contributed by atoms with van der Waals surface area (Å²) in [6, 6.07) is -0.983. The van der Waals surface area contributed by atoms with Crippen LogP contribution in [0.2, 0.25) is 0 Å². The van der Waals surface area contributed by atoms with Crippen LogP contribution in [0.4, 0.5) is 0 Å². The van der Waals surface area contributed by atoms with Crippen LogP contribution in [0, 0.1) is 5.41 Å². The maximum atomic E-state index is 11.7. The molecule has 0 unspecified atom stereocenters. The molecule has 132 valence electrons. The molecule has 24 heavy (non-hydrogen) atoms. The Morgan fingerprint density at radius 1 is 1.38 bits per heavy atom. The van der Waals surface area contributed by atoms with Gasteiger partial charge >= 0.3 is 5.97 Å². The van der Waals surface area contributed by atoms with Crippen molar-refractivity contribution in [1.29, 1.82) is 0 Å². The van der Waals surface area contributed by atoms with Crippen LogP contribution in [0.1, 0.15) is 41.0 Å². The van der Waals surface area contributed by atoms with Crippen molar-refractivity contribution >= 4 is 17.7 Å². The maximum Gasteiger partial charge on any atom is 0.325 e. The molecule has 0 fully saturated rings. The minimum Gasteiger partial charge on any atom is -0.480 e.